The van der Waals surface area contributed by atoms with Crippen molar-refractivity contribution in [1.82, 2.24) is 15.5 Å². The highest BCUT2D eigenvalue weighted by Crippen LogP contribution is 2.20. The number of halogens is 1. The smallest absolute Gasteiger partial charge is 0.191 e. The van der Waals surface area contributed by atoms with Crippen LogP contribution in [0.25, 0.3) is 0 Å². The van der Waals surface area contributed by atoms with Crippen LogP contribution in [0.1, 0.15) is 24.5 Å². The molecule has 0 spiro atoms. The molecule has 1 aliphatic rings. The van der Waals surface area contributed by atoms with E-state index in [1.807, 2.05) is 0 Å². The van der Waals surface area contributed by atoms with Crippen LogP contribution < -0.4 is 15.4 Å². The van der Waals surface area contributed by atoms with Crippen LogP contribution in [0, 0.1) is 6.92 Å². The summed E-state index contributed by atoms with van der Waals surface area (Å²) >= 11 is 0. The minimum atomic E-state index is -2.82. The van der Waals surface area contributed by atoms with Gasteiger partial charge in [0.1, 0.15) is 5.75 Å². The highest BCUT2D eigenvalue weighted by molar-refractivity contribution is 14.0. The number of sulfone groups is 1. The summed E-state index contributed by atoms with van der Waals surface area (Å²) in [5, 5.41) is 6.61. The fourth-order valence-electron chi connectivity index (χ4n) is 2.86. The third-order valence-corrected chi connectivity index (χ3v) is 6.12. The zero-order valence-electron chi connectivity index (χ0n) is 17.0. The molecular formula is C19H33IN4O3S. The van der Waals surface area contributed by atoms with Crippen molar-refractivity contribution >= 4 is 39.8 Å². The van der Waals surface area contributed by atoms with Crippen molar-refractivity contribution in [3.05, 3.63) is 29.3 Å². The molecular weight excluding hydrogens is 491 g/mol. The largest absolute Gasteiger partial charge is 0.493 e. The molecule has 0 aliphatic carbocycles. The molecule has 1 saturated heterocycles. The zero-order valence-corrected chi connectivity index (χ0v) is 20.2. The van der Waals surface area contributed by atoms with E-state index in [1.54, 1.807) is 7.05 Å². The van der Waals surface area contributed by atoms with E-state index in [9.17, 15) is 8.42 Å². The van der Waals surface area contributed by atoms with E-state index in [4.69, 9.17) is 4.74 Å². The fourth-order valence-corrected chi connectivity index (χ4v) is 4.14. The zero-order chi connectivity index (χ0) is 19.7. The first kappa shape index (κ1) is 25.0. The number of nitrogens with zero attached hydrogens (tertiary/aromatic N) is 2. The molecule has 0 bridgehead atoms. The van der Waals surface area contributed by atoms with Crippen LogP contribution in [-0.2, 0) is 16.4 Å². The molecule has 0 radical (unpaired) electrons. The van der Waals surface area contributed by atoms with Gasteiger partial charge in [-0.1, -0.05) is 19.1 Å². The van der Waals surface area contributed by atoms with Gasteiger partial charge in [0, 0.05) is 45.3 Å². The Morgan fingerprint density at radius 2 is 1.96 bits per heavy atom. The van der Waals surface area contributed by atoms with Gasteiger partial charge in [0.2, 0.25) is 0 Å². The van der Waals surface area contributed by atoms with Gasteiger partial charge in [-0.15, -0.1) is 24.0 Å². The van der Waals surface area contributed by atoms with Crippen molar-refractivity contribution in [3.63, 3.8) is 0 Å². The lowest BCUT2D eigenvalue weighted by Gasteiger charge is -2.26. The molecule has 0 amide bonds. The Balaban J connectivity index is 0.00000392. The summed E-state index contributed by atoms with van der Waals surface area (Å²) in [5.41, 5.74) is 2.27. The van der Waals surface area contributed by atoms with Crippen LogP contribution in [0.4, 0.5) is 0 Å². The van der Waals surface area contributed by atoms with Gasteiger partial charge in [0.05, 0.1) is 18.1 Å². The maximum atomic E-state index is 11.5. The molecule has 2 rings (SSSR count). The van der Waals surface area contributed by atoms with Crippen LogP contribution in [0.2, 0.25) is 0 Å². The number of guanidine groups is 1. The Morgan fingerprint density at radius 3 is 2.61 bits per heavy atom. The van der Waals surface area contributed by atoms with Gasteiger partial charge in [-0.25, -0.2) is 8.42 Å². The van der Waals surface area contributed by atoms with E-state index in [1.165, 1.54) is 5.56 Å². The highest BCUT2D eigenvalue weighted by atomic mass is 127. The molecule has 0 atom stereocenters. The topological polar surface area (TPSA) is 83.0 Å². The van der Waals surface area contributed by atoms with Gasteiger partial charge in [0.15, 0.2) is 15.8 Å². The molecule has 0 unspecified atom stereocenters. The summed E-state index contributed by atoms with van der Waals surface area (Å²) in [6.07, 6.45) is 0.974. The minimum absolute atomic E-state index is 0. The molecule has 7 nitrogen and oxygen atoms in total. The Kier molecular flexibility index (Phi) is 11.1. The third kappa shape index (κ3) is 8.52. The van der Waals surface area contributed by atoms with E-state index in [-0.39, 0.29) is 35.5 Å². The maximum Gasteiger partial charge on any atom is 0.191 e. The number of hydrogen-bond donors (Lipinski definition) is 2. The van der Waals surface area contributed by atoms with Crippen molar-refractivity contribution in [2.75, 3.05) is 51.3 Å². The molecule has 1 aromatic rings. The first-order valence-corrected chi connectivity index (χ1v) is 11.4. The predicted molar refractivity (Wildman–Crippen MR) is 126 cm³/mol. The molecule has 1 heterocycles. The van der Waals surface area contributed by atoms with Crippen LogP contribution in [0.5, 0.6) is 5.75 Å². The van der Waals surface area contributed by atoms with E-state index in [0.29, 0.717) is 32.8 Å². The number of aliphatic imine (C=N–C) groups is 1. The molecule has 1 aliphatic heterocycles. The lowest BCUT2D eigenvalue weighted by molar-refractivity contribution is 0.299. The van der Waals surface area contributed by atoms with Crippen molar-refractivity contribution in [1.29, 1.82) is 0 Å². The maximum absolute atomic E-state index is 11.5. The second kappa shape index (κ2) is 12.5. The van der Waals surface area contributed by atoms with Crippen molar-refractivity contribution in [2.45, 2.75) is 26.8 Å². The van der Waals surface area contributed by atoms with Gasteiger partial charge in [-0.05, 0) is 25.0 Å². The predicted octanol–water partition coefficient (Wildman–Crippen LogP) is 1.80. The average Bonchev–Trinajstić information content (AvgIpc) is 2.65. The van der Waals surface area contributed by atoms with Gasteiger partial charge in [-0.2, -0.15) is 0 Å². The van der Waals surface area contributed by atoms with E-state index >= 15 is 0 Å². The van der Waals surface area contributed by atoms with Crippen molar-refractivity contribution in [2.24, 2.45) is 4.99 Å². The Hall–Kier alpha value is -1.07. The number of nitrogens with one attached hydrogen (secondary N) is 2. The van der Waals surface area contributed by atoms with Crippen molar-refractivity contribution < 1.29 is 13.2 Å². The normalized spacial score (nSPS) is 16.9. The molecule has 1 aromatic carbocycles. The molecule has 1 fully saturated rings. The monoisotopic (exact) mass is 524 g/mol. The first-order chi connectivity index (χ1) is 12.9. The standard InChI is InChI=1S/C19H32N4O3S.HI/c1-4-11-26-18-14-16(2)5-6-17(18)15-22-19(20-3)21-7-8-23-9-12-27(24,25)13-10-23;/h5-6,14H,4,7-13,15H2,1-3H3,(H2,20,21,22);1H. The summed E-state index contributed by atoms with van der Waals surface area (Å²) in [7, 11) is -1.08. The number of hydrogen-bond acceptors (Lipinski definition) is 5. The number of rotatable bonds is 8. The molecule has 0 aromatic heterocycles. The Labute approximate surface area is 186 Å². The summed E-state index contributed by atoms with van der Waals surface area (Å²) in [4.78, 5) is 6.42. The summed E-state index contributed by atoms with van der Waals surface area (Å²) < 4.78 is 28.8. The van der Waals surface area contributed by atoms with Crippen LogP contribution >= 0.6 is 24.0 Å². The quantitative estimate of drug-likeness (QED) is 0.307. The van der Waals surface area contributed by atoms with Crippen LogP contribution in [0.3, 0.4) is 0 Å². The number of benzene rings is 1. The van der Waals surface area contributed by atoms with Gasteiger partial charge in [-0.3, -0.25) is 9.89 Å². The third-order valence-electron chi connectivity index (χ3n) is 4.51. The van der Waals surface area contributed by atoms with Gasteiger partial charge >= 0.3 is 0 Å². The first-order valence-electron chi connectivity index (χ1n) is 9.53. The van der Waals surface area contributed by atoms with Gasteiger partial charge < -0.3 is 15.4 Å². The van der Waals surface area contributed by atoms with Crippen LogP contribution in [0.15, 0.2) is 23.2 Å². The molecule has 28 heavy (non-hydrogen) atoms. The SMILES string of the molecule is CCCOc1cc(C)ccc1CNC(=NC)NCCN1CCS(=O)(=O)CC1.I. The molecule has 2 N–H and O–H groups in total. The molecule has 9 heteroatoms. The second-order valence-electron chi connectivity index (χ2n) is 6.81. The molecule has 0 saturated carbocycles. The fraction of sp³-hybridized carbons (Fsp3) is 0.632. The van der Waals surface area contributed by atoms with Crippen molar-refractivity contribution in [3.8, 4) is 5.75 Å². The summed E-state index contributed by atoms with van der Waals surface area (Å²) in [6.45, 7) is 8.21. The van der Waals surface area contributed by atoms with Crippen LogP contribution in [-0.4, -0.2) is 70.6 Å². The minimum Gasteiger partial charge on any atom is -0.493 e. The number of ether oxygens (including phenoxy) is 1. The summed E-state index contributed by atoms with van der Waals surface area (Å²) in [5.74, 6) is 2.15. The Morgan fingerprint density at radius 1 is 1.25 bits per heavy atom. The average molecular weight is 524 g/mol. The highest BCUT2D eigenvalue weighted by Gasteiger charge is 2.20. The summed E-state index contributed by atoms with van der Waals surface area (Å²) in [6, 6.07) is 6.22. The van der Waals surface area contributed by atoms with Gasteiger partial charge in [0.25, 0.3) is 0 Å². The van der Waals surface area contributed by atoms with E-state index < -0.39 is 9.84 Å². The Bertz CT molecular complexity index is 727. The molecule has 160 valence electrons. The lowest BCUT2D eigenvalue weighted by atomic mass is 10.1. The second-order valence-corrected chi connectivity index (χ2v) is 9.11. The van der Waals surface area contributed by atoms with E-state index in [2.05, 4.69) is 52.6 Å². The number of aryl methyl sites for hydroxylation is 1. The van der Waals surface area contributed by atoms with E-state index in [0.717, 1.165) is 30.2 Å². The lowest BCUT2D eigenvalue weighted by Crippen LogP contribution is -2.45.